The molecule has 0 saturated heterocycles. The number of ether oxygens (including phenoxy) is 1. The van der Waals surface area contributed by atoms with E-state index in [2.05, 4.69) is 26.9 Å². The molecule has 6 nitrogen and oxygen atoms in total. The van der Waals surface area contributed by atoms with Crippen LogP contribution < -0.4 is 0 Å². The fourth-order valence-electron chi connectivity index (χ4n) is 3.24. The standard InChI is InChI=1S/C22H36N4O2S/c1-2-3-4-5-6-7-8-9-10-12-15-28-19(27)14-11-13-16-29-22-20-21(24-17-23-20)25-18-26-22/h17-18H,2-16H2,1H3,(H,23,24,25,26). The number of carbonyl (C=O) groups is 1. The van der Waals surface area contributed by atoms with E-state index >= 15 is 0 Å². The van der Waals surface area contributed by atoms with Crippen LogP contribution in [0, 0.1) is 0 Å². The van der Waals surface area contributed by atoms with E-state index in [1.165, 1.54) is 64.1 Å². The maximum atomic E-state index is 11.8. The highest BCUT2D eigenvalue weighted by molar-refractivity contribution is 7.99. The minimum atomic E-state index is -0.0658. The molecule has 0 atom stereocenters. The monoisotopic (exact) mass is 420 g/mol. The maximum Gasteiger partial charge on any atom is 0.305 e. The molecule has 162 valence electrons. The van der Waals surface area contributed by atoms with Gasteiger partial charge in [-0.1, -0.05) is 64.7 Å². The Morgan fingerprint density at radius 2 is 1.66 bits per heavy atom. The van der Waals surface area contributed by atoms with Crippen molar-refractivity contribution in [3.63, 3.8) is 0 Å². The van der Waals surface area contributed by atoms with Crippen LogP contribution in [0.25, 0.3) is 11.2 Å². The Labute approximate surface area is 179 Å². The summed E-state index contributed by atoms with van der Waals surface area (Å²) in [5.41, 5.74) is 1.58. The number of imidazole rings is 1. The minimum Gasteiger partial charge on any atom is -0.466 e. The third-order valence-electron chi connectivity index (χ3n) is 4.96. The van der Waals surface area contributed by atoms with E-state index in [4.69, 9.17) is 4.74 Å². The lowest BCUT2D eigenvalue weighted by molar-refractivity contribution is -0.143. The molecule has 0 saturated carbocycles. The largest absolute Gasteiger partial charge is 0.466 e. The maximum absolute atomic E-state index is 11.8. The molecule has 0 aliphatic carbocycles. The van der Waals surface area contributed by atoms with Gasteiger partial charge in [0.05, 0.1) is 12.9 Å². The molecule has 0 radical (unpaired) electrons. The molecule has 0 amide bonds. The van der Waals surface area contributed by atoms with Gasteiger partial charge in [0.25, 0.3) is 0 Å². The summed E-state index contributed by atoms with van der Waals surface area (Å²) in [4.78, 5) is 27.4. The van der Waals surface area contributed by atoms with Crippen LogP contribution in [0.4, 0.5) is 0 Å². The molecule has 7 heteroatoms. The van der Waals surface area contributed by atoms with Gasteiger partial charge >= 0.3 is 5.97 Å². The van der Waals surface area contributed by atoms with Crippen molar-refractivity contribution < 1.29 is 9.53 Å². The summed E-state index contributed by atoms with van der Waals surface area (Å²) in [6, 6.07) is 0. The average molecular weight is 421 g/mol. The summed E-state index contributed by atoms with van der Waals surface area (Å²) in [7, 11) is 0. The number of fused-ring (bicyclic) bond motifs is 1. The summed E-state index contributed by atoms with van der Waals surface area (Å²) in [5.74, 6) is 0.848. The van der Waals surface area contributed by atoms with E-state index in [0.29, 0.717) is 18.7 Å². The zero-order valence-corrected chi connectivity index (χ0v) is 18.6. The summed E-state index contributed by atoms with van der Waals surface area (Å²) < 4.78 is 5.35. The molecule has 1 N–H and O–H groups in total. The fraction of sp³-hybridized carbons (Fsp3) is 0.727. The molecule has 2 aromatic heterocycles. The number of thioether (sulfide) groups is 1. The Balaban J connectivity index is 1.38. The van der Waals surface area contributed by atoms with Crippen LogP contribution >= 0.6 is 11.8 Å². The fourth-order valence-corrected chi connectivity index (χ4v) is 4.20. The van der Waals surface area contributed by atoms with E-state index in [9.17, 15) is 4.79 Å². The van der Waals surface area contributed by atoms with Crippen molar-refractivity contribution in [2.45, 2.75) is 95.4 Å². The summed E-state index contributed by atoms with van der Waals surface area (Å²) >= 11 is 1.67. The number of nitrogens with one attached hydrogen (secondary N) is 1. The highest BCUT2D eigenvalue weighted by Crippen LogP contribution is 2.22. The van der Waals surface area contributed by atoms with E-state index in [1.54, 1.807) is 18.1 Å². The number of aromatic amines is 1. The van der Waals surface area contributed by atoms with Crippen molar-refractivity contribution in [2.24, 2.45) is 0 Å². The van der Waals surface area contributed by atoms with Crippen LogP contribution in [0.5, 0.6) is 0 Å². The van der Waals surface area contributed by atoms with Crippen molar-refractivity contribution >= 4 is 28.9 Å². The SMILES string of the molecule is CCCCCCCCCCCCOC(=O)CCCCSc1ncnc2nc[nH]c12. The van der Waals surface area contributed by atoms with Crippen LogP contribution in [-0.4, -0.2) is 38.3 Å². The van der Waals surface area contributed by atoms with E-state index in [0.717, 1.165) is 35.6 Å². The molecule has 2 heterocycles. The molecular formula is C22H36N4O2S. The first-order chi connectivity index (χ1) is 14.3. The van der Waals surface area contributed by atoms with Crippen LogP contribution in [0.3, 0.4) is 0 Å². The second-order valence-corrected chi connectivity index (χ2v) is 8.57. The topological polar surface area (TPSA) is 80.8 Å². The number of hydrogen-bond donors (Lipinski definition) is 1. The lowest BCUT2D eigenvalue weighted by atomic mass is 10.1. The molecule has 0 aromatic carbocycles. The average Bonchev–Trinajstić information content (AvgIpc) is 3.21. The number of esters is 1. The molecule has 0 spiro atoms. The van der Waals surface area contributed by atoms with Gasteiger partial charge in [-0.25, -0.2) is 15.0 Å². The van der Waals surface area contributed by atoms with Crippen molar-refractivity contribution in [2.75, 3.05) is 12.4 Å². The Bertz CT molecular complexity index is 692. The van der Waals surface area contributed by atoms with Crippen LogP contribution in [0.15, 0.2) is 17.7 Å². The van der Waals surface area contributed by atoms with Gasteiger partial charge in [-0.3, -0.25) is 4.79 Å². The zero-order valence-electron chi connectivity index (χ0n) is 17.8. The molecule has 2 rings (SSSR count). The van der Waals surface area contributed by atoms with Gasteiger partial charge in [-0.05, 0) is 25.0 Å². The summed E-state index contributed by atoms with van der Waals surface area (Å²) in [6.07, 6.45) is 18.4. The predicted molar refractivity (Wildman–Crippen MR) is 119 cm³/mol. The van der Waals surface area contributed by atoms with E-state index in [1.807, 2.05) is 0 Å². The lowest BCUT2D eigenvalue weighted by Crippen LogP contribution is -2.05. The Morgan fingerprint density at radius 3 is 2.41 bits per heavy atom. The number of nitrogens with zero attached hydrogens (tertiary/aromatic N) is 3. The van der Waals surface area contributed by atoms with Gasteiger partial charge in [-0.15, -0.1) is 11.8 Å². The third-order valence-corrected chi connectivity index (χ3v) is 6.04. The summed E-state index contributed by atoms with van der Waals surface area (Å²) in [5, 5.41) is 0.913. The Morgan fingerprint density at radius 1 is 0.931 bits per heavy atom. The molecule has 29 heavy (non-hydrogen) atoms. The molecule has 2 aromatic rings. The minimum absolute atomic E-state index is 0.0658. The highest BCUT2D eigenvalue weighted by atomic mass is 32.2. The molecule has 0 aliphatic rings. The van der Waals surface area contributed by atoms with Gasteiger partial charge in [0.2, 0.25) is 0 Å². The van der Waals surface area contributed by atoms with E-state index in [-0.39, 0.29) is 5.97 Å². The lowest BCUT2D eigenvalue weighted by Gasteiger charge is -2.05. The number of unbranched alkanes of at least 4 members (excludes halogenated alkanes) is 10. The smallest absolute Gasteiger partial charge is 0.305 e. The van der Waals surface area contributed by atoms with Gasteiger partial charge in [0.15, 0.2) is 5.65 Å². The second-order valence-electron chi connectivity index (χ2n) is 7.49. The number of rotatable bonds is 17. The van der Waals surface area contributed by atoms with Crippen molar-refractivity contribution in [1.29, 1.82) is 0 Å². The van der Waals surface area contributed by atoms with Gasteiger partial charge in [-0.2, -0.15) is 0 Å². The van der Waals surface area contributed by atoms with Crippen molar-refractivity contribution in [1.82, 2.24) is 19.9 Å². The molecular weight excluding hydrogens is 384 g/mol. The quantitative estimate of drug-likeness (QED) is 0.145. The first-order valence-corrected chi connectivity index (χ1v) is 12.2. The number of carbonyl (C=O) groups excluding carboxylic acids is 1. The van der Waals surface area contributed by atoms with Crippen LogP contribution in [0.2, 0.25) is 0 Å². The number of hydrogen-bond acceptors (Lipinski definition) is 6. The summed E-state index contributed by atoms with van der Waals surface area (Å²) in [6.45, 7) is 2.83. The first kappa shape index (κ1) is 23.6. The van der Waals surface area contributed by atoms with E-state index < -0.39 is 0 Å². The second kappa shape index (κ2) is 15.2. The normalized spacial score (nSPS) is 11.2. The molecule has 0 bridgehead atoms. The number of aromatic nitrogens is 4. The first-order valence-electron chi connectivity index (χ1n) is 11.2. The third kappa shape index (κ3) is 10.1. The van der Waals surface area contributed by atoms with Crippen LogP contribution in [0.1, 0.15) is 90.4 Å². The molecule has 0 fully saturated rings. The van der Waals surface area contributed by atoms with Gasteiger partial charge < -0.3 is 9.72 Å². The predicted octanol–water partition coefficient (Wildman–Crippen LogP) is 6.08. The number of H-pyrrole nitrogens is 1. The molecule has 0 aliphatic heterocycles. The highest BCUT2D eigenvalue weighted by Gasteiger charge is 2.07. The van der Waals surface area contributed by atoms with Crippen molar-refractivity contribution in [3.8, 4) is 0 Å². The zero-order chi connectivity index (χ0) is 20.6. The molecule has 0 unspecified atom stereocenters. The van der Waals surface area contributed by atoms with Crippen molar-refractivity contribution in [3.05, 3.63) is 12.7 Å². The Kier molecular flexibility index (Phi) is 12.4. The van der Waals surface area contributed by atoms with Crippen LogP contribution in [-0.2, 0) is 9.53 Å². The Hall–Kier alpha value is -1.63. The van der Waals surface area contributed by atoms with Gasteiger partial charge in [0.1, 0.15) is 16.9 Å². The van der Waals surface area contributed by atoms with Gasteiger partial charge in [0, 0.05) is 6.42 Å².